The Bertz CT molecular complexity index is 673. The normalized spacial score (nSPS) is 10.2. The third kappa shape index (κ3) is 2.46. The van der Waals surface area contributed by atoms with Gasteiger partial charge in [0.05, 0.1) is 15.5 Å². The number of nitrogens with zero attached hydrogens (tertiary/aromatic N) is 1. The van der Waals surface area contributed by atoms with Crippen LogP contribution in [0.25, 0.3) is 11.1 Å². The van der Waals surface area contributed by atoms with Gasteiger partial charge in [-0.2, -0.15) is 0 Å². The Labute approximate surface area is 112 Å². The number of hydrogen-bond acceptors (Lipinski definition) is 3. The lowest BCUT2D eigenvalue weighted by Crippen LogP contribution is -1.95. The van der Waals surface area contributed by atoms with Crippen LogP contribution in [-0.4, -0.2) is 11.2 Å². The summed E-state index contributed by atoms with van der Waals surface area (Å²) in [4.78, 5) is 21.0. The third-order valence-corrected chi connectivity index (χ3v) is 2.98. The van der Waals surface area contributed by atoms with Crippen LogP contribution in [0, 0.1) is 15.9 Å². The Balaban J connectivity index is 2.71. The van der Waals surface area contributed by atoms with Crippen LogP contribution in [0.15, 0.2) is 36.4 Å². The van der Waals surface area contributed by atoms with Crippen molar-refractivity contribution in [3.63, 3.8) is 0 Å². The zero-order valence-corrected chi connectivity index (χ0v) is 10.2. The van der Waals surface area contributed by atoms with Crippen LogP contribution in [0.3, 0.4) is 0 Å². The number of hydrogen-bond donors (Lipinski definition) is 0. The van der Waals surface area contributed by atoms with Crippen molar-refractivity contribution >= 4 is 23.6 Å². The van der Waals surface area contributed by atoms with Crippen LogP contribution < -0.4 is 0 Å². The average molecular weight is 280 g/mol. The van der Waals surface area contributed by atoms with Crippen molar-refractivity contribution < 1.29 is 14.1 Å². The molecule has 0 aliphatic carbocycles. The highest BCUT2D eigenvalue weighted by molar-refractivity contribution is 6.33. The van der Waals surface area contributed by atoms with Crippen LogP contribution in [-0.2, 0) is 0 Å². The molecule has 2 aromatic rings. The predicted molar refractivity (Wildman–Crippen MR) is 68.9 cm³/mol. The Hall–Kier alpha value is -2.27. The SMILES string of the molecule is O=Cc1ccc(-c2cccc(F)c2Cl)c([N+](=O)[O-])c1. The molecular weight excluding hydrogens is 273 g/mol. The highest BCUT2D eigenvalue weighted by atomic mass is 35.5. The first-order chi connectivity index (χ1) is 9.04. The summed E-state index contributed by atoms with van der Waals surface area (Å²) >= 11 is 5.81. The molecular formula is C13H7ClFNO3. The Morgan fingerprint density at radius 2 is 1.95 bits per heavy atom. The molecule has 0 unspecified atom stereocenters. The van der Waals surface area contributed by atoms with Crippen LogP contribution >= 0.6 is 11.6 Å². The van der Waals surface area contributed by atoms with Crippen molar-refractivity contribution in [2.24, 2.45) is 0 Å². The summed E-state index contributed by atoms with van der Waals surface area (Å²) in [6, 6.07) is 7.97. The highest BCUT2D eigenvalue weighted by Gasteiger charge is 2.19. The topological polar surface area (TPSA) is 60.2 Å². The number of nitro groups is 1. The molecule has 19 heavy (non-hydrogen) atoms. The van der Waals surface area contributed by atoms with E-state index in [9.17, 15) is 19.3 Å². The van der Waals surface area contributed by atoms with Gasteiger partial charge < -0.3 is 0 Å². The van der Waals surface area contributed by atoms with E-state index in [0.717, 1.165) is 12.1 Å². The quantitative estimate of drug-likeness (QED) is 0.487. The number of carbonyl (C=O) groups excluding carboxylic acids is 1. The average Bonchev–Trinajstić information content (AvgIpc) is 2.41. The minimum atomic E-state index is -0.659. The molecule has 2 aromatic carbocycles. The minimum absolute atomic E-state index is 0.167. The van der Waals surface area contributed by atoms with Gasteiger partial charge in [0.2, 0.25) is 0 Å². The van der Waals surface area contributed by atoms with E-state index in [1.165, 1.54) is 24.3 Å². The minimum Gasteiger partial charge on any atom is -0.298 e. The summed E-state index contributed by atoms with van der Waals surface area (Å²) in [6.07, 6.45) is 0.504. The summed E-state index contributed by atoms with van der Waals surface area (Å²) < 4.78 is 13.4. The molecule has 4 nitrogen and oxygen atoms in total. The molecule has 6 heteroatoms. The van der Waals surface area contributed by atoms with Crippen LogP contribution in [0.2, 0.25) is 5.02 Å². The largest absolute Gasteiger partial charge is 0.298 e. The summed E-state index contributed by atoms with van der Waals surface area (Å²) in [6.45, 7) is 0. The number of rotatable bonds is 3. The molecule has 0 saturated heterocycles. The first-order valence-corrected chi connectivity index (χ1v) is 5.60. The van der Waals surface area contributed by atoms with Crippen molar-refractivity contribution in [3.05, 3.63) is 62.9 Å². The van der Waals surface area contributed by atoms with Gasteiger partial charge in [-0.15, -0.1) is 0 Å². The fourth-order valence-electron chi connectivity index (χ4n) is 1.71. The van der Waals surface area contributed by atoms with Gasteiger partial charge in [0.15, 0.2) is 0 Å². The second-order valence-corrected chi connectivity index (χ2v) is 4.13. The zero-order chi connectivity index (χ0) is 14.0. The molecule has 0 heterocycles. The smallest absolute Gasteiger partial charge is 0.277 e. The Kier molecular flexibility index (Phi) is 3.57. The Morgan fingerprint density at radius 3 is 2.58 bits per heavy atom. The fraction of sp³-hybridized carbons (Fsp3) is 0. The molecule has 2 rings (SSSR count). The van der Waals surface area contributed by atoms with E-state index in [4.69, 9.17) is 11.6 Å². The maximum atomic E-state index is 13.4. The predicted octanol–water partition coefficient (Wildman–Crippen LogP) is 3.87. The van der Waals surface area contributed by atoms with Gasteiger partial charge >= 0.3 is 0 Å². The lowest BCUT2D eigenvalue weighted by atomic mass is 10.0. The molecule has 0 aromatic heterocycles. The van der Waals surface area contributed by atoms with Gasteiger partial charge in [-0.05, 0) is 12.1 Å². The second kappa shape index (κ2) is 5.16. The van der Waals surface area contributed by atoms with Gasteiger partial charge in [0, 0.05) is 17.2 Å². The molecule has 0 spiro atoms. The molecule has 0 aliphatic rings. The molecule has 0 aliphatic heterocycles. The lowest BCUT2D eigenvalue weighted by molar-refractivity contribution is -0.384. The number of carbonyl (C=O) groups is 1. The van der Waals surface area contributed by atoms with E-state index in [1.807, 2.05) is 0 Å². The number of benzene rings is 2. The van der Waals surface area contributed by atoms with E-state index in [-0.39, 0.29) is 27.4 Å². The molecule has 0 atom stereocenters. The molecule has 0 fully saturated rings. The first-order valence-electron chi connectivity index (χ1n) is 5.22. The Morgan fingerprint density at radius 1 is 1.21 bits per heavy atom. The van der Waals surface area contributed by atoms with Crippen molar-refractivity contribution in [1.82, 2.24) is 0 Å². The molecule has 0 N–H and O–H groups in total. The van der Waals surface area contributed by atoms with Gasteiger partial charge in [0.25, 0.3) is 5.69 Å². The van der Waals surface area contributed by atoms with Crippen LogP contribution in [0.5, 0.6) is 0 Å². The third-order valence-electron chi connectivity index (χ3n) is 2.60. The van der Waals surface area contributed by atoms with Gasteiger partial charge in [-0.25, -0.2) is 4.39 Å². The van der Waals surface area contributed by atoms with Crippen molar-refractivity contribution in [1.29, 1.82) is 0 Å². The molecule has 96 valence electrons. The van der Waals surface area contributed by atoms with Gasteiger partial charge in [-0.3, -0.25) is 14.9 Å². The van der Waals surface area contributed by atoms with E-state index >= 15 is 0 Å². The van der Waals surface area contributed by atoms with Crippen LogP contribution in [0.4, 0.5) is 10.1 Å². The van der Waals surface area contributed by atoms with E-state index in [2.05, 4.69) is 0 Å². The second-order valence-electron chi connectivity index (χ2n) is 3.75. The zero-order valence-electron chi connectivity index (χ0n) is 9.47. The maximum Gasteiger partial charge on any atom is 0.277 e. The molecule has 0 amide bonds. The lowest BCUT2D eigenvalue weighted by Gasteiger charge is -2.06. The standard InChI is InChI=1S/C13H7ClFNO3/c14-13-10(2-1-3-11(13)15)9-5-4-8(7-17)6-12(9)16(18)19/h1-7H. The number of aldehydes is 1. The van der Waals surface area contributed by atoms with Crippen molar-refractivity contribution in [2.45, 2.75) is 0 Å². The summed E-state index contributed by atoms with van der Waals surface area (Å²) in [7, 11) is 0. The monoisotopic (exact) mass is 279 g/mol. The summed E-state index contributed by atoms with van der Waals surface area (Å²) in [5.41, 5.74) is 0.256. The van der Waals surface area contributed by atoms with E-state index in [0.29, 0.717) is 6.29 Å². The van der Waals surface area contributed by atoms with E-state index < -0.39 is 10.7 Å². The fourth-order valence-corrected chi connectivity index (χ4v) is 1.94. The van der Waals surface area contributed by atoms with Gasteiger partial charge in [-0.1, -0.05) is 29.8 Å². The molecule has 0 bridgehead atoms. The molecule has 0 radical (unpaired) electrons. The van der Waals surface area contributed by atoms with E-state index in [1.54, 1.807) is 0 Å². The van der Waals surface area contributed by atoms with Crippen molar-refractivity contribution in [3.8, 4) is 11.1 Å². The number of halogens is 2. The van der Waals surface area contributed by atoms with Crippen LogP contribution in [0.1, 0.15) is 10.4 Å². The van der Waals surface area contributed by atoms with Crippen molar-refractivity contribution in [2.75, 3.05) is 0 Å². The highest BCUT2D eigenvalue weighted by Crippen LogP contribution is 2.36. The summed E-state index contributed by atoms with van der Waals surface area (Å²) in [5.74, 6) is -0.659. The summed E-state index contributed by atoms with van der Waals surface area (Å²) in [5, 5.41) is 10.8. The maximum absolute atomic E-state index is 13.4. The number of nitro benzene ring substituents is 1. The first kappa shape index (κ1) is 13.2. The molecule has 0 saturated carbocycles. The van der Waals surface area contributed by atoms with Gasteiger partial charge in [0.1, 0.15) is 12.1 Å².